The molecule has 0 amide bonds. The first-order chi connectivity index (χ1) is 12.0. The van der Waals surface area contributed by atoms with Gasteiger partial charge < -0.3 is 0 Å². The first kappa shape index (κ1) is 49.4. The van der Waals surface area contributed by atoms with Gasteiger partial charge in [0, 0.05) is 22.4 Å². The summed E-state index contributed by atoms with van der Waals surface area (Å²) < 4.78 is 114. The normalized spacial score (nSPS) is 11.4. The predicted octanol–water partition coefficient (Wildman–Crippen LogP) is 0.289. The summed E-state index contributed by atoms with van der Waals surface area (Å²) in [6.07, 6.45) is 0. The van der Waals surface area contributed by atoms with Crippen LogP contribution in [0.3, 0.4) is 0 Å². The van der Waals surface area contributed by atoms with Crippen LogP contribution in [0.1, 0.15) is 0 Å². The third-order valence-electron chi connectivity index (χ3n) is 0. The van der Waals surface area contributed by atoms with Gasteiger partial charge in [-0.05, 0) is 0 Å². The molecular weight excluding hydrogens is 696 g/mol. The minimum absolute atomic E-state index is 0. The molecule has 0 saturated heterocycles. The second-order valence-electron chi connectivity index (χ2n) is 2.84. The molecule has 1 radical (unpaired) electrons. The van der Waals surface area contributed by atoms with Gasteiger partial charge in [-0.2, -0.15) is 0 Å². The molecule has 18 nitrogen and oxygen atoms in total. The Morgan fingerprint density at radius 2 is 0.290 bits per heavy atom. The van der Waals surface area contributed by atoms with Crippen LogP contribution in [0, 0.1) is 0 Å². The summed E-state index contributed by atoms with van der Waals surface area (Å²) in [4.78, 5) is 83.6. The van der Waals surface area contributed by atoms with Crippen LogP contribution < -0.4 is 0 Å². The molecule has 0 unspecified atom stereocenters. The summed E-state index contributed by atoms with van der Waals surface area (Å²) in [5.41, 5.74) is 0. The summed E-state index contributed by atoms with van der Waals surface area (Å²) in [6.45, 7) is 0. The van der Waals surface area contributed by atoms with Crippen LogP contribution in [0.15, 0.2) is 0 Å². The van der Waals surface area contributed by atoms with Crippen LogP contribution in [-0.4, -0.2) is 58.7 Å². The Kier molecular flexibility index (Phi) is 32.8. The van der Waals surface area contributed by atoms with E-state index in [1.165, 1.54) is 0 Å². The van der Waals surface area contributed by atoms with E-state index in [0.717, 1.165) is 0 Å². The van der Waals surface area contributed by atoms with Crippen molar-refractivity contribution < 1.29 is 134 Å². The summed E-state index contributed by atoms with van der Waals surface area (Å²) >= 11 is 0. The monoisotopic (exact) mass is 707 g/mol. The fourth-order valence-electron chi connectivity index (χ4n) is 0. The van der Waals surface area contributed by atoms with Crippen molar-refractivity contribution in [3.63, 3.8) is 0 Å². The Morgan fingerprint density at radius 1 is 0.290 bits per heavy atom. The van der Waals surface area contributed by atoms with Crippen molar-refractivity contribution in [1.29, 1.82) is 0 Å². The maximum atomic E-state index is 10.4. The van der Waals surface area contributed by atoms with E-state index < -0.39 is 47.4 Å². The quantitative estimate of drug-likeness (QED) is 0.0914. The zero-order valence-electron chi connectivity index (χ0n) is 13.1. The largest absolute Gasteiger partial charge is 0.507 e. The molecule has 12 N–H and O–H groups in total. The van der Waals surface area contributed by atoms with Crippen molar-refractivity contribution in [2.45, 2.75) is 0 Å². The number of hydrogen-bond acceptors (Lipinski definition) is 6. The second kappa shape index (κ2) is 20.6. The minimum Gasteiger partial charge on any atom is -0.299 e. The van der Waals surface area contributed by atoms with E-state index in [0.29, 0.717) is 0 Å². The molecule has 0 spiro atoms. The third-order valence-corrected chi connectivity index (χ3v) is 0. The van der Waals surface area contributed by atoms with E-state index in [4.69, 9.17) is 86.1 Å². The molecule has 0 fully saturated rings. The second-order valence-corrected chi connectivity index (χ2v) is 8.51. The van der Waals surface area contributed by atoms with E-state index in [2.05, 4.69) is 0 Å². The zero-order chi connectivity index (χ0) is 27.0. The van der Waals surface area contributed by atoms with Crippen LogP contribution in [0.25, 0.3) is 0 Å². The average Bonchev–Trinajstić information content (AvgIpc) is 1.94. The molecule has 0 aliphatic heterocycles. The van der Waals surface area contributed by atoms with Crippen LogP contribution in [0.2, 0.25) is 0 Å². The summed E-state index contributed by atoms with van der Waals surface area (Å²) in [5, 5.41) is 0. The first-order valence-corrected chi connectivity index (χ1v) is 13.5. The van der Waals surface area contributed by atoms with Crippen molar-refractivity contribution in [3.05, 3.63) is 0 Å². The molecule has 0 aromatic carbocycles. The van der Waals surface area contributed by atoms with Gasteiger partial charge in [0.15, 0.2) is 0 Å². The van der Waals surface area contributed by atoms with Gasteiger partial charge in [0.2, 0.25) is 0 Å². The number of hydrogen-bond donors (Lipinski definition) is 12. The van der Waals surface area contributed by atoms with Crippen LogP contribution >= 0.6 is 47.4 Å². The van der Waals surface area contributed by atoms with Crippen LogP contribution in [-0.2, 0) is 49.8 Å². The molecule has 0 aromatic rings. The van der Waals surface area contributed by atoms with Gasteiger partial charge in [0.1, 0.15) is 0 Å². The van der Waals surface area contributed by atoms with Gasteiger partial charge in [0.05, 0.1) is 0 Å². The summed E-state index contributed by atoms with van der Waals surface area (Å²) in [6, 6.07) is 0. The Hall–Kier alpha value is 1.22. The van der Waals surface area contributed by atoms with Crippen molar-refractivity contribution >= 4 is 47.4 Å². The number of halogens is 6. The summed E-state index contributed by atoms with van der Waals surface area (Å²) in [5.74, 6) is 0. The van der Waals surface area contributed by atoms with Crippen molar-refractivity contribution in [2.24, 2.45) is 0 Å². The zero-order valence-corrected chi connectivity index (χ0v) is 19.9. The SMILES string of the molecule is O=P(O)(O)F.O=P(O)(O)F.O=P(O)(O)F.O=P(O)(O)F.O=P(O)(O)F.O=P(O)(O)F.[Ag]. The Morgan fingerprint density at radius 3 is 0.290 bits per heavy atom. The Balaban J connectivity index is -0.0000000443. The predicted molar refractivity (Wildman–Crippen MR) is 78.9 cm³/mol. The van der Waals surface area contributed by atoms with E-state index in [-0.39, 0.29) is 22.4 Å². The molecule has 0 rings (SSSR count). The molecule has 0 atom stereocenters. The fraction of sp³-hybridized carbons (Fsp3) is 0. The molecule has 0 saturated carbocycles. The van der Waals surface area contributed by atoms with E-state index >= 15 is 0 Å². The van der Waals surface area contributed by atoms with E-state index in [1.54, 1.807) is 0 Å². The number of rotatable bonds is 0. The minimum atomic E-state index is -5.14. The van der Waals surface area contributed by atoms with E-state index in [9.17, 15) is 25.2 Å². The molecule has 0 aliphatic rings. The molecule has 31 heavy (non-hydrogen) atoms. The molecule has 0 aliphatic carbocycles. The maximum Gasteiger partial charge on any atom is 0.507 e. The van der Waals surface area contributed by atoms with Crippen LogP contribution in [0.4, 0.5) is 25.2 Å². The first-order valence-electron chi connectivity index (χ1n) is 4.51. The third kappa shape index (κ3) is 17900. The molecule has 31 heteroatoms. The molecule has 0 aromatic heterocycles. The molecule has 203 valence electrons. The smallest absolute Gasteiger partial charge is 0.299 e. The van der Waals surface area contributed by atoms with Gasteiger partial charge in [-0.15, -0.1) is 25.2 Å². The topological polar surface area (TPSA) is 345 Å². The Labute approximate surface area is 181 Å². The van der Waals surface area contributed by atoms with Gasteiger partial charge in [-0.1, -0.05) is 0 Å². The summed E-state index contributed by atoms with van der Waals surface area (Å²) in [7, 11) is -30.8. The van der Waals surface area contributed by atoms with Gasteiger partial charge in [0.25, 0.3) is 0 Å². The van der Waals surface area contributed by atoms with Crippen molar-refractivity contribution in [2.75, 3.05) is 0 Å². The molecule has 0 heterocycles. The molecular formula is H12AgF6O18P6. The maximum absolute atomic E-state index is 10.4. The fourth-order valence-corrected chi connectivity index (χ4v) is 0. The Bertz CT molecular complexity index is 480. The average molecular weight is 708 g/mol. The van der Waals surface area contributed by atoms with Gasteiger partial charge >= 0.3 is 47.4 Å². The van der Waals surface area contributed by atoms with Gasteiger partial charge in [-0.25, -0.2) is 27.4 Å². The van der Waals surface area contributed by atoms with Crippen LogP contribution in [0.5, 0.6) is 0 Å². The molecule has 0 bridgehead atoms. The van der Waals surface area contributed by atoms with E-state index in [1.807, 2.05) is 0 Å². The standard InChI is InChI=1S/Ag.6FH2O3P/c;6*1-5(2,3)4/h;6*(H2,2,3,4). The van der Waals surface area contributed by atoms with Crippen molar-refractivity contribution in [3.8, 4) is 0 Å². The van der Waals surface area contributed by atoms with Gasteiger partial charge in [-0.3, -0.25) is 58.7 Å². The van der Waals surface area contributed by atoms with Crippen molar-refractivity contribution in [1.82, 2.24) is 0 Å².